The van der Waals surface area contributed by atoms with Gasteiger partial charge in [-0.05, 0) is 43.2 Å². The summed E-state index contributed by atoms with van der Waals surface area (Å²) < 4.78 is 29.7. The van der Waals surface area contributed by atoms with E-state index in [0.29, 0.717) is 42.5 Å². The van der Waals surface area contributed by atoms with E-state index in [1.165, 1.54) is 24.4 Å². The Kier molecular flexibility index (Phi) is 5.63. The smallest absolute Gasteiger partial charge is 0.387 e. The Bertz CT molecular complexity index is 864. The molecule has 8 heteroatoms. The highest BCUT2D eigenvalue weighted by molar-refractivity contribution is 6.03. The molecule has 0 radical (unpaired) electrons. The Labute approximate surface area is 154 Å². The van der Waals surface area contributed by atoms with Crippen LogP contribution in [0.2, 0.25) is 0 Å². The molecule has 0 saturated carbocycles. The number of aromatic nitrogens is 1. The van der Waals surface area contributed by atoms with Crippen molar-refractivity contribution in [2.24, 2.45) is 5.92 Å². The number of fused-ring (bicyclic) bond motifs is 1. The maximum atomic E-state index is 12.6. The molecular weight excluding hydrogens is 356 g/mol. The number of piperidine rings is 1. The van der Waals surface area contributed by atoms with Gasteiger partial charge >= 0.3 is 6.61 Å². The Morgan fingerprint density at radius 3 is 2.70 bits per heavy atom. The molecule has 2 amide bonds. The quantitative estimate of drug-likeness (QED) is 0.815. The SMILES string of the molecule is C=CC(=O)N1CCC(C(=O)Nc2ccc(OC(F)F)c3cccnc23)CC1. The summed E-state index contributed by atoms with van der Waals surface area (Å²) in [5, 5.41) is 3.22. The number of nitrogens with one attached hydrogen (secondary N) is 1. The van der Waals surface area contributed by atoms with Crippen LogP contribution in [0.25, 0.3) is 10.9 Å². The van der Waals surface area contributed by atoms with Crippen LogP contribution in [0.3, 0.4) is 0 Å². The first-order valence-corrected chi connectivity index (χ1v) is 8.54. The van der Waals surface area contributed by atoms with E-state index < -0.39 is 6.61 Å². The molecule has 1 aromatic heterocycles. The van der Waals surface area contributed by atoms with Gasteiger partial charge < -0.3 is 15.0 Å². The average molecular weight is 375 g/mol. The third-order valence-electron chi connectivity index (χ3n) is 4.56. The molecule has 1 aliphatic rings. The molecule has 0 spiro atoms. The zero-order valence-corrected chi connectivity index (χ0v) is 14.5. The van der Waals surface area contributed by atoms with Crippen LogP contribution in [-0.4, -0.2) is 41.4 Å². The first-order chi connectivity index (χ1) is 13.0. The molecule has 2 heterocycles. The molecule has 142 valence electrons. The number of pyridine rings is 1. The summed E-state index contributed by atoms with van der Waals surface area (Å²) in [5.41, 5.74) is 0.810. The van der Waals surface area contributed by atoms with E-state index in [4.69, 9.17) is 0 Å². The van der Waals surface area contributed by atoms with Crippen LogP contribution in [0.1, 0.15) is 12.8 Å². The Morgan fingerprint density at radius 2 is 2.04 bits per heavy atom. The van der Waals surface area contributed by atoms with E-state index in [1.807, 2.05) is 0 Å². The van der Waals surface area contributed by atoms with Crippen LogP contribution in [-0.2, 0) is 9.59 Å². The van der Waals surface area contributed by atoms with Crippen molar-refractivity contribution in [2.45, 2.75) is 19.5 Å². The second-order valence-electron chi connectivity index (χ2n) is 6.18. The fraction of sp³-hybridized carbons (Fsp3) is 0.316. The topological polar surface area (TPSA) is 71.5 Å². The van der Waals surface area contributed by atoms with Gasteiger partial charge in [-0.25, -0.2) is 0 Å². The van der Waals surface area contributed by atoms with E-state index >= 15 is 0 Å². The molecule has 0 unspecified atom stereocenters. The summed E-state index contributed by atoms with van der Waals surface area (Å²) in [6.07, 6.45) is 3.87. The van der Waals surface area contributed by atoms with Crippen molar-refractivity contribution in [1.29, 1.82) is 0 Å². The van der Waals surface area contributed by atoms with Gasteiger partial charge in [-0.15, -0.1) is 0 Å². The summed E-state index contributed by atoms with van der Waals surface area (Å²) in [5.74, 6) is -0.564. The summed E-state index contributed by atoms with van der Waals surface area (Å²) in [6.45, 7) is 1.50. The first-order valence-electron chi connectivity index (χ1n) is 8.54. The van der Waals surface area contributed by atoms with Gasteiger partial charge in [-0.1, -0.05) is 6.58 Å². The molecule has 0 atom stereocenters. The molecule has 2 aromatic rings. The third kappa shape index (κ3) is 4.21. The number of ether oxygens (including phenoxy) is 1. The summed E-state index contributed by atoms with van der Waals surface area (Å²) in [6, 6.07) is 6.10. The molecule has 0 aliphatic carbocycles. The van der Waals surface area contributed by atoms with Crippen molar-refractivity contribution in [3.05, 3.63) is 43.1 Å². The fourth-order valence-electron chi connectivity index (χ4n) is 3.17. The van der Waals surface area contributed by atoms with Gasteiger partial charge in [0.05, 0.1) is 11.2 Å². The number of likely N-dealkylation sites (tertiary alicyclic amines) is 1. The first kappa shape index (κ1) is 18.8. The van der Waals surface area contributed by atoms with Crippen LogP contribution in [0.4, 0.5) is 14.5 Å². The van der Waals surface area contributed by atoms with E-state index in [-0.39, 0.29) is 23.5 Å². The minimum absolute atomic E-state index is 0.00217. The lowest BCUT2D eigenvalue weighted by Crippen LogP contribution is -2.40. The summed E-state index contributed by atoms with van der Waals surface area (Å²) >= 11 is 0. The molecule has 3 rings (SSSR count). The standard InChI is InChI=1S/C19H19F2N3O3/c1-2-16(25)24-10-7-12(8-11-24)18(26)23-14-5-6-15(27-19(20)21)13-4-3-9-22-17(13)14/h2-6,9,12,19H,1,7-8,10-11H2,(H,23,26). The molecule has 1 fully saturated rings. The molecule has 6 nitrogen and oxygen atoms in total. The van der Waals surface area contributed by atoms with Gasteiger partial charge in [0.15, 0.2) is 0 Å². The van der Waals surface area contributed by atoms with E-state index in [0.717, 1.165) is 0 Å². The number of carbonyl (C=O) groups excluding carboxylic acids is 2. The monoisotopic (exact) mass is 375 g/mol. The lowest BCUT2D eigenvalue weighted by Gasteiger charge is -2.30. The maximum Gasteiger partial charge on any atom is 0.387 e. The zero-order valence-electron chi connectivity index (χ0n) is 14.5. The average Bonchev–Trinajstić information content (AvgIpc) is 2.69. The van der Waals surface area contributed by atoms with Crippen LogP contribution < -0.4 is 10.1 Å². The second-order valence-corrected chi connectivity index (χ2v) is 6.18. The maximum absolute atomic E-state index is 12.6. The van der Waals surface area contributed by atoms with Crippen molar-refractivity contribution >= 4 is 28.4 Å². The predicted octanol–water partition coefficient (Wildman–Crippen LogP) is 3.20. The number of anilines is 1. The highest BCUT2D eigenvalue weighted by atomic mass is 19.3. The van der Waals surface area contributed by atoms with Crippen LogP contribution in [0, 0.1) is 5.92 Å². The lowest BCUT2D eigenvalue weighted by atomic mass is 9.95. The van der Waals surface area contributed by atoms with Crippen molar-refractivity contribution in [3.8, 4) is 5.75 Å². The van der Waals surface area contributed by atoms with Gasteiger partial charge in [0.1, 0.15) is 5.75 Å². The molecule has 1 aromatic carbocycles. The van der Waals surface area contributed by atoms with Crippen molar-refractivity contribution in [1.82, 2.24) is 9.88 Å². The number of amides is 2. The lowest BCUT2D eigenvalue weighted by molar-refractivity contribution is -0.130. The minimum atomic E-state index is -2.95. The fourth-order valence-corrected chi connectivity index (χ4v) is 3.17. The van der Waals surface area contributed by atoms with Crippen LogP contribution >= 0.6 is 0 Å². The van der Waals surface area contributed by atoms with Crippen molar-refractivity contribution < 1.29 is 23.1 Å². The largest absolute Gasteiger partial charge is 0.434 e. The summed E-state index contributed by atoms with van der Waals surface area (Å²) in [7, 11) is 0. The van der Waals surface area contributed by atoms with Gasteiger partial charge in [-0.3, -0.25) is 14.6 Å². The zero-order chi connectivity index (χ0) is 19.4. The number of nitrogens with zero attached hydrogens (tertiary/aromatic N) is 2. The molecule has 0 bridgehead atoms. The number of alkyl halides is 2. The number of rotatable bonds is 5. The van der Waals surface area contributed by atoms with Crippen molar-refractivity contribution in [3.63, 3.8) is 0 Å². The van der Waals surface area contributed by atoms with E-state index in [1.54, 1.807) is 17.0 Å². The molecule has 27 heavy (non-hydrogen) atoms. The molecule has 1 aliphatic heterocycles. The van der Waals surface area contributed by atoms with Crippen LogP contribution in [0.5, 0.6) is 5.75 Å². The number of carbonyl (C=O) groups is 2. The van der Waals surface area contributed by atoms with Gasteiger partial charge in [0, 0.05) is 30.6 Å². The van der Waals surface area contributed by atoms with Crippen LogP contribution in [0.15, 0.2) is 43.1 Å². The minimum Gasteiger partial charge on any atom is -0.434 e. The molecule has 1 N–H and O–H groups in total. The Hall–Kier alpha value is -3.03. The number of benzene rings is 1. The van der Waals surface area contributed by atoms with E-state index in [2.05, 4.69) is 21.6 Å². The summed E-state index contributed by atoms with van der Waals surface area (Å²) in [4.78, 5) is 30.1. The third-order valence-corrected chi connectivity index (χ3v) is 4.56. The molecular formula is C19H19F2N3O3. The van der Waals surface area contributed by atoms with Crippen molar-refractivity contribution in [2.75, 3.05) is 18.4 Å². The Balaban J connectivity index is 1.74. The highest BCUT2D eigenvalue weighted by Gasteiger charge is 2.27. The van der Waals surface area contributed by atoms with Gasteiger partial charge in [-0.2, -0.15) is 8.78 Å². The second kappa shape index (κ2) is 8.11. The number of halogens is 2. The number of hydrogen-bond acceptors (Lipinski definition) is 4. The van der Waals surface area contributed by atoms with E-state index in [9.17, 15) is 18.4 Å². The van der Waals surface area contributed by atoms with Gasteiger partial charge in [0.2, 0.25) is 11.8 Å². The molecule has 1 saturated heterocycles. The predicted molar refractivity (Wildman–Crippen MR) is 96.5 cm³/mol. The number of hydrogen-bond donors (Lipinski definition) is 1. The van der Waals surface area contributed by atoms with Gasteiger partial charge in [0.25, 0.3) is 0 Å². The normalized spacial score (nSPS) is 15.0. The Morgan fingerprint density at radius 1 is 1.30 bits per heavy atom. The highest BCUT2D eigenvalue weighted by Crippen LogP contribution is 2.31.